The Morgan fingerprint density at radius 3 is 1.56 bits per heavy atom. The van der Waals surface area contributed by atoms with Gasteiger partial charge in [-0.1, -0.05) is 0 Å². The van der Waals surface area contributed by atoms with E-state index in [1.165, 1.54) is 0 Å². The number of carbonyl (C=O) groups is 1. The lowest BCUT2D eigenvalue weighted by atomic mass is 10.0. The minimum atomic E-state index is -2.48. The Kier molecular flexibility index (Phi) is 7.44. The molecule has 0 aromatic heterocycles. The molecule has 0 saturated carbocycles. The van der Waals surface area contributed by atoms with Crippen molar-refractivity contribution in [1.82, 2.24) is 0 Å². The van der Waals surface area contributed by atoms with Crippen LogP contribution < -0.4 is 4.74 Å². The lowest BCUT2D eigenvalue weighted by Crippen LogP contribution is -2.07. The van der Waals surface area contributed by atoms with E-state index in [2.05, 4.69) is 4.74 Å². The summed E-state index contributed by atoms with van der Waals surface area (Å²) in [5.74, 6) is -22.2. The second-order valence-electron chi connectivity index (χ2n) is 6.18. The van der Waals surface area contributed by atoms with E-state index in [-0.39, 0.29) is 11.6 Å². The molecule has 0 spiro atoms. The molecule has 0 unspecified atom stereocenters. The van der Waals surface area contributed by atoms with Crippen molar-refractivity contribution in [2.45, 2.75) is 0 Å². The summed E-state index contributed by atoms with van der Waals surface area (Å²) in [7, 11) is 0.791. The van der Waals surface area contributed by atoms with E-state index >= 15 is 0 Å². The molecule has 0 aliphatic heterocycles. The number of halogens is 8. The van der Waals surface area contributed by atoms with Crippen LogP contribution in [0.15, 0.2) is 18.2 Å². The smallest absolute Gasteiger partial charge is 0.335 e. The standard InChI is InChI=1S/C13H4F8O.C7H6O5/c1-22-13-4(14)2-3(6(15)12(13)21)5-7(16)9(18)11(20)10(19)8(5)17;8-4-1-3(7(11)12)2-5(9)6(4)10/h2H,1H3;1-2,8-10H,(H,11,12). The topological polar surface area (TPSA) is 107 Å². The molecule has 0 fully saturated rings. The van der Waals surface area contributed by atoms with E-state index in [4.69, 9.17) is 20.4 Å². The number of benzene rings is 3. The van der Waals surface area contributed by atoms with E-state index < -0.39 is 86.6 Å². The van der Waals surface area contributed by atoms with Crippen LogP contribution in [0.25, 0.3) is 11.1 Å². The van der Waals surface area contributed by atoms with Gasteiger partial charge in [0.25, 0.3) is 0 Å². The second-order valence-corrected chi connectivity index (χ2v) is 6.18. The van der Waals surface area contributed by atoms with Gasteiger partial charge in [0.2, 0.25) is 11.6 Å². The van der Waals surface area contributed by atoms with Crippen LogP contribution in [0.2, 0.25) is 0 Å². The SMILES string of the molecule is COc1c(F)cc(-c2c(F)c(F)c(F)c(F)c2F)c(F)c1F.O=C(O)c1cc(O)c(O)c(O)c1. The minimum Gasteiger partial charge on any atom is -0.504 e. The zero-order valence-corrected chi connectivity index (χ0v) is 16.4. The van der Waals surface area contributed by atoms with Crippen LogP contribution in [-0.2, 0) is 0 Å². The summed E-state index contributed by atoms with van der Waals surface area (Å²) in [4.78, 5) is 10.3. The van der Waals surface area contributed by atoms with Gasteiger partial charge in [-0.05, 0) is 18.2 Å². The zero-order valence-electron chi connectivity index (χ0n) is 16.4. The molecular weight excluding hydrogens is 488 g/mol. The average molecular weight is 498 g/mol. The maximum atomic E-state index is 13.7. The molecule has 4 N–H and O–H groups in total. The van der Waals surface area contributed by atoms with Gasteiger partial charge in [0, 0.05) is 5.56 Å². The molecule has 0 amide bonds. The third-order valence-corrected chi connectivity index (χ3v) is 4.12. The van der Waals surface area contributed by atoms with Gasteiger partial charge >= 0.3 is 5.97 Å². The Labute approximate surface area is 183 Å². The van der Waals surface area contributed by atoms with Crippen LogP contribution in [0.3, 0.4) is 0 Å². The Balaban J connectivity index is 0.000000287. The molecule has 3 rings (SSSR count). The van der Waals surface area contributed by atoms with Crippen molar-refractivity contribution in [1.29, 1.82) is 0 Å². The van der Waals surface area contributed by atoms with Crippen LogP contribution in [-0.4, -0.2) is 33.5 Å². The lowest BCUT2D eigenvalue weighted by molar-refractivity contribution is 0.0695. The van der Waals surface area contributed by atoms with Crippen molar-refractivity contribution in [3.05, 3.63) is 70.3 Å². The molecule has 182 valence electrons. The van der Waals surface area contributed by atoms with E-state index in [1.807, 2.05) is 0 Å². The van der Waals surface area contributed by atoms with Crippen molar-refractivity contribution in [3.8, 4) is 34.1 Å². The first-order chi connectivity index (χ1) is 15.7. The highest BCUT2D eigenvalue weighted by molar-refractivity contribution is 5.89. The van der Waals surface area contributed by atoms with Gasteiger partial charge in [0.1, 0.15) is 0 Å². The first-order valence-corrected chi connectivity index (χ1v) is 8.45. The number of aromatic hydroxyl groups is 3. The molecule has 6 nitrogen and oxygen atoms in total. The number of phenols is 3. The fourth-order valence-electron chi connectivity index (χ4n) is 2.52. The summed E-state index contributed by atoms with van der Waals surface area (Å²) in [6.45, 7) is 0. The van der Waals surface area contributed by atoms with E-state index in [9.17, 15) is 39.9 Å². The van der Waals surface area contributed by atoms with Crippen LogP contribution in [0.4, 0.5) is 35.1 Å². The summed E-state index contributed by atoms with van der Waals surface area (Å²) in [5.41, 5.74) is -3.54. The third kappa shape index (κ3) is 4.60. The van der Waals surface area contributed by atoms with Gasteiger partial charge in [-0.3, -0.25) is 0 Å². The Morgan fingerprint density at radius 2 is 1.15 bits per heavy atom. The first kappa shape index (κ1) is 26.0. The van der Waals surface area contributed by atoms with E-state index in [1.54, 1.807) is 0 Å². The molecule has 0 radical (unpaired) electrons. The predicted octanol–water partition coefficient (Wildman–Crippen LogP) is 4.98. The maximum Gasteiger partial charge on any atom is 0.335 e. The number of ether oxygens (including phenoxy) is 1. The summed E-state index contributed by atoms with van der Waals surface area (Å²) < 4.78 is 111. The van der Waals surface area contributed by atoms with Crippen molar-refractivity contribution < 1.29 is 65.1 Å². The highest BCUT2D eigenvalue weighted by Crippen LogP contribution is 2.37. The molecule has 0 aliphatic carbocycles. The number of rotatable bonds is 3. The normalized spacial score (nSPS) is 10.5. The Bertz CT molecular complexity index is 1240. The Hall–Kier alpha value is -4.23. The van der Waals surface area contributed by atoms with Gasteiger partial charge in [-0.15, -0.1) is 0 Å². The van der Waals surface area contributed by atoms with Gasteiger partial charge in [-0.25, -0.2) is 35.5 Å². The summed E-state index contributed by atoms with van der Waals surface area (Å²) in [6.07, 6.45) is 0. The number of carboxylic acids is 1. The minimum absolute atomic E-state index is 0.0650. The first-order valence-electron chi connectivity index (χ1n) is 8.45. The molecule has 0 atom stereocenters. The highest BCUT2D eigenvalue weighted by atomic mass is 19.2. The molecule has 3 aromatic rings. The van der Waals surface area contributed by atoms with Gasteiger partial charge < -0.3 is 25.2 Å². The molecule has 0 saturated heterocycles. The van der Waals surface area contributed by atoms with E-state index in [0.717, 1.165) is 19.2 Å². The molecule has 0 heterocycles. The fourth-order valence-corrected chi connectivity index (χ4v) is 2.52. The summed E-state index contributed by atoms with van der Waals surface area (Å²) >= 11 is 0. The number of carboxylic acid groups (broad SMARTS) is 1. The molecule has 0 aliphatic rings. The van der Waals surface area contributed by atoms with Crippen molar-refractivity contribution in [3.63, 3.8) is 0 Å². The van der Waals surface area contributed by atoms with Gasteiger partial charge in [0.05, 0.1) is 18.2 Å². The molecular formula is C20H10F8O6. The quantitative estimate of drug-likeness (QED) is 0.176. The third-order valence-electron chi connectivity index (χ3n) is 4.12. The Morgan fingerprint density at radius 1 is 0.706 bits per heavy atom. The highest BCUT2D eigenvalue weighted by Gasteiger charge is 2.30. The molecule has 14 heteroatoms. The van der Waals surface area contributed by atoms with E-state index in [0.29, 0.717) is 0 Å². The number of phenolic OH excluding ortho intramolecular Hbond substituents is 3. The fraction of sp³-hybridized carbons (Fsp3) is 0.0500. The van der Waals surface area contributed by atoms with Crippen molar-refractivity contribution >= 4 is 5.97 Å². The number of hydrogen-bond acceptors (Lipinski definition) is 5. The maximum absolute atomic E-state index is 13.7. The summed E-state index contributed by atoms with van der Waals surface area (Å²) in [5, 5.41) is 35.0. The largest absolute Gasteiger partial charge is 0.504 e. The van der Waals surface area contributed by atoms with Crippen LogP contribution in [0.5, 0.6) is 23.0 Å². The second kappa shape index (κ2) is 9.72. The summed E-state index contributed by atoms with van der Waals surface area (Å²) in [6, 6.07) is 1.75. The van der Waals surface area contributed by atoms with Gasteiger partial charge in [-0.2, -0.15) is 4.39 Å². The number of aromatic carboxylic acids is 1. The number of hydrogen-bond donors (Lipinski definition) is 4. The average Bonchev–Trinajstić information content (AvgIpc) is 2.78. The zero-order chi connectivity index (χ0) is 26.1. The monoisotopic (exact) mass is 498 g/mol. The van der Waals surface area contributed by atoms with Crippen LogP contribution >= 0.6 is 0 Å². The van der Waals surface area contributed by atoms with Crippen molar-refractivity contribution in [2.75, 3.05) is 7.11 Å². The molecule has 0 bridgehead atoms. The van der Waals surface area contributed by atoms with Crippen LogP contribution in [0.1, 0.15) is 10.4 Å². The van der Waals surface area contributed by atoms with Crippen molar-refractivity contribution in [2.24, 2.45) is 0 Å². The molecule has 3 aromatic carbocycles. The number of methoxy groups -OCH3 is 1. The van der Waals surface area contributed by atoms with Gasteiger partial charge in [0.15, 0.2) is 57.9 Å². The molecule has 34 heavy (non-hydrogen) atoms. The van der Waals surface area contributed by atoms with Crippen LogP contribution in [0, 0.1) is 46.5 Å². The predicted molar refractivity (Wildman–Crippen MR) is 96.5 cm³/mol. The lowest BCUT2D eigenvalue weighted by Gasteiger charge is -2.12.